The predicted octanol–water partition coefficient (Wildman–Crippen LogP) is 3.83. The minimum Gasteiger partial charge on any atom is -0.449 e. The van der Waals surface area contributed by atoms with E-state index in [9.17, 15) is 9.90 Å². The molecule has 2 heterocycles. The van der Waals surface area contributed by atoms with Crippen molar-refractivity contribution in [3.63, 3.8) is 0 Å². The van der Waals surface area contributed by atoms with Crippen LogP contribution < -0.4 is 5.73 Å². The Morgan fingerprint density at radius 2 is 1.96 bits per heavy atom. The molecule has 0 aliphatic carbocycles. The molecule has 26 heavy (non-hydrogen) atoms. The molecule has 4 rings (SSSR count). The van der Waals surface area contributed by atoms with Gasteiger partial charge in [0.25, 0.3) is 0 Å². The van der Waals surface area contributed by atoms with Crippen LogP contribution in [0.1, 0.15) is 36.0 Å². The van der Waals surface area contributed by atoms with Crippen molar-refractivity contribution in [3.05, 3.63) is 64.1 Å². The Hall–Kier alpha value is -2.05. The van der Waals surface area contributed by atoms with E-state index in [1.807, 2.05) is 48.5 Å². The van der Waals surface area contributed by atoms with Crippen LogP contribution >= 0.6 is 15.9 Å². The molecule has 2 aromatic rings. The Morgan fingerprint density at radius 3 is 2.69 bits per heavy atom. The fourth-order valence-electron chi connectivity index (χ4n) is 4.15. The summed E-state index contributed by atoms with van der Waals surface area (Å²) >= 11 is 3.48. The van der Waals surface area contributed by atoms with Crippen molar-refractivity contribution in [2.75, 3.05) is 12.3 Å². The Bertz CT molecular complexity index is 814. The number of aliphatic hydroxyl groups excluding tert-OH is 1. The molecule has 2 saturated heterocycles. The van der Waals surface area contributed by atoms with Gasteiger partial charge in [0.2, 0.25) is 0 Å². The first-order valence-electron chi connectivity index (χ1n) is 8.79. The first-order chi connectivity index (χ1) is 12.6. The SMILES string of the molecule is Nc1ccc(C2COC(=O)N3[C@@H]2CC[C@@H]3[C@H](O)c2ccccc2)cc1Br. The van der Waals surface area contributed by atoms with E-state index in [2.05, 4.69) is 15.9 Å². The van der Waals surface area contributed by atoms with Gasteiger partial charge in [0.15, 0.2) is 0 Å². The van der Waals surface area contributed by atoms with Crippen LogP contribution in [0.2, 0.25) is 0 Å². The van der Waals surface area contributed by atoms with Gasteiger partial charge < -0.3 is 15.6 Å². The highest BCUT2D eigenvalue weighted by molar-refractivity contribution is 9.10. The molecule has 2 aliphatic heterocycles. The Kier molecular flexibility index (Phi) is 4.63. The smallest absolute Gasteiger partial charge is 0.410 e. The summed E-state index contributed by atoms with van der Waals surface area (Å²) in [7, 11) is 0. The number of amides is 1. The van der Waals surface area contributed by atoms with Gasteiger partial charge in [-0.1, -0.05) is 36.4 Å². The number of carbonyl (C=O) groups excluding carboxylic acids is 1. The predicted molar refractivity (Wildman–Crippen MR) is 103 cm³/mol. The van der Waals surface area contributed by atoms with Crippen molar-refractivity contribution < 1.29 is 14.6 Å². The second-order valence-electron chi connectivity index (χ2n) is 6.94. The Balaban J connectivity index is 1.62. The van der Waals surface area contributed by atoms with Crippen molar-refractivity contribution >= 4 is 27.7 Å². The van der Waals surface area contributed by atoms with E-state index in [-0.39, 0.29) is 24.1 Å². The number of nitrogens with two attached hydrogens (primary N) is 1. The molecule has 2 aromatic carbocycles. The van der Waals surface area contributed by atoms with Crippen LogP contribution in [0.3, 0.4) is 0 Å². The van der Waals surface area contributed by atoms with Gasteiger partial charge in [-0.05, 0) is 52.0 Å². The van der Waals surface area contributed by atoms with Crippen LogP contribution in [0.4, 0.5) is 10.5 Å². The van der Waals surface area contributed by atoms with Crippen LogP contribution in [0.15, 0.2) is 53.0 Å². The number of rotatable bonds is 3. The van der Waals surface area contributed by atoms with Crippen molar-refractivity contribution in [1.29, 1.82) is 0 Å². The first-order valence-corrected chi connectivity index (χ1v) is 9.58. The molecule has 0 saturated carbocycles. The van der Waals surface area contributed by atoms with Gasteiger partial charge in [0.1, 0.15) is 6.61 Å². The third-order valence-corrected chi connectivity index (χ3v) is 6.18. The van der Waals surface area contributed by atoms with Gasteiger partial charge in [-0.15, -0.1) is 0 Å². The number of nitrogens with zero attached hydrogens (tertiary/aromatic N) is 1. The molecule has 0 aromatic heterocycles. The first kappa shape index (κ1) is 17.4. The van der Waals surface area contributed by atoms with Crippen molar-refractivity contribution in [2.24, 2.45) is 0 Å². The maximum absolute atomic E-state index is 12.5. The number of fused-ring (bicyclic) bond motifs is 1. The van der Waals surface area contributed by atoms with E-state index >= 15 is 0 Å². The molecule has 3 N–H and O–H groups in total. The number of cyclic esters (lactones) is 1. The molecule has 2 aliphatic rings. The molecule has 6 heteroatoms. The summed E-state index contributed by atoms with van der Waals surface area (Å²) in [4.78, 5) is 14.2. The summed E-state index contributed by atoms with van der Waals surface area (Å²) in [5, 5.41) is 10.8. The number of anilines is 1. The fourth-order valence-corrected chi connectivity index (χ4v) is 4.55. The number of hydrogen-bond acceptors (Lipinski definition) is 4. The number of nitrogen functional groups attached to an aromatic ring is 1. The van der Waals surface area contributed by atoms with Gasteiger partial charge in [-0.25, -0.2) is 4.79 Å². The van der Waals surface area contributed by atoms with Crippen LogP contribution in [-0.2, 0) is 4.74 Å². The van der Waals surface area contributed by atoms with Crippen LogP contribution in [0.5, 0.6) is 0 Å². The second kappa shape index (κ2) is 6.93. The topological polar surface area (TPSA) is 75.8 Å². The summed E-state index contributed by atoms with van der Waals surface area (Å²) in [6.45, 7) is 0.352. The van der Waals surface area contributed by atoms with Crippen LogP contribution in [0.25, 0.3) is 0 Å². The highest BCUT2D eigenvalue weighted by Gasteiger charge is 2.48. The van der Waals surface area contributed by atoms with Crippen molar-refractivity contribution in [3.8, 4) is 0 Å². The van der Waals surface area contributed by atoms with E-state index in [1.165, 1.54) is 0 Å². The molecule has 0 spiro atoms. The Morgan fingerprint density at radius 1 is 1.19 bits per heavy atom. The second-order valence-corrected chi connectivity index (χ2v) is 7.79. The van der Waals surface area contributed by atoms with E-state index in [4.69, 9.17) is 10.5 Å². The number of halogens is 1. The number of hydrogen-bond donors (Lipinski definition) is 2. The van der Waals surface area contributed by atoms with E-state index in [0.29, 0.717) is 12.3 Å². The lowest BCUT2D eigenvalue weighted by Crippen LogP contribution is -2.51. The maximum atomic E-state index is 12.5. The van der Waals surface area contributed by atoms with E-state index in [1.54, 1.807) is 4.90 Å². The zero-order valence-electron chi connectivity index (χ0n) is 14.2. The van der Waals surface area contributed by atoms with Crippen LogP contribution in [0, 0.1) is 0 Å². The minimum absolute atomic E-state index is 0.0233. The van der Waals surface area contributed by atoms with Crippen LogP contribution in [-0.4, -0.2) is 34.8 Å². The lowest BCUT2D eigenvalue weighted by Gasteiger charge is -2.40. The normalized spacial score (nSPS) is 26.3. The zero-order valence-corrected chi connectivity index (χ0v) is 15.8. The summed E-state index contributed by atoms with van der Waals surface area (Å²) in [5.74, 6) is 0.0672. The van der Waals surface area contributed by atoms with Gasteiger partial charge in [0.05, 0.1) is 12.1 Å². The molecular formula is C20H21BrN2O3. The summed E-state index contributed by atoms with van der Waals surface area (Å²) in [5.41, 5.74) is 8.49. The zero-order chi connectivity index (χ0) is 18.3. The standard InChI is InChI=1S/C20H21BrN2O3/c21-15-10-13(6-7-16(15)22)14-11-26-20(25)23-17(14)8-9-18(23)19(24)12-4-2-1-3-5-12/h1-7,10,14,17-19,24H,8-9,11,22H2/t14?,17-,18-,19-/m1/s1. The third-order valence-electron chi connectivity index (χ3n) is 5.49. The molecule has 4 atom stereocenters. The highest BCUT2D eigenvalue weighted by atomic mass is 79.9. The minimum atomic E-state index is -0.717. The van der Waals surface area contributed by atoms with Gasteiger partial charge in [0, 0.05) is 22.1 Å². The van der Waals surface area contributed by atoms with Gasteiger partial charge in [-0.3, -0.25) is 4.90 Å². The third kappa shape index (κ3) is 2.97. The molecule has 2 fully saturated rings. The highest BCUT2D eigenvalue weighted by Crippen LogP contribution is 2.42. The molecule has 136 valence electrons. The monoisotopic (exact) mass is 416 g/mol. The molecule has 0 radical (unpaired) electrons. The average molecular weight is 417 g/mol. The lowest BCUT2D eigenvalue weighted by molar-refractivity contribution is 0.00153. The van der Waals surface area contributed by atoms with Gasteiger partial charge >= 0.3 is 6.09 Å². The summed E-state index contributed by atoms with van der Waals surface area (Å²) in [6.07, 6.45) is 0.544. The average Bonchev–Trinajstić information content (AvgIpc) is 3.10. The summed E-state index contributed by atoms with van der Waals surface area (Å²) in [6, 6.07) is 15.1. The molecule has 5 nitrogen and oxygen atoms in total. The lowest BCUT2D eigenvalue weighted by atomic mass is 9.90. The fraction of sp³-hybridized carbons (Fsp3) is 0.350. The quantitative estimate of drug-likeness (QED) is 0.745. The molecular weight excluding hydrogens is 396 g/mol. The summed E-state index contributed by atoms with van der Waals surface area (Å²) < 4.78 is 6.32. The molecule has 0 bridgehead atoms. The number of carbonyl (C=O) groups is 1. The van der Waals surface area contributed by atoms with Crippen molar-refractivity contribution in [2.45, 2.75) is 36.9 Å². The van der Waals surface area contributed by atoms with E-state index < -0.39 is 6.10 Å². The number of ether oxygens (including phenoxy) is 1. The van der Waals surface area contributed by atoms with E-state index in [0.717, 1.165) is 28.4 Å². The van der Waals surface area contributed by atoms with Crippen molar-refractivity contribution in [1.82, 2.24) is 4.90 Å². The number of benzene rings is 2. The Labute approximate surface area is 160 Å². The molecule has 1 unspecified atom stereocenters. The largest absolute Gasteiger partial charge is 0.449 e. The number of aliphatic hydroxyl groups is 1. The molecule has 1 amide bonds. The van der Waals surface area contributed by atoms with Gasteiger partial charge in [-0.2, -0.15) is 0 Å². The maximum Gasteiger partial charge on any atom is 0.410 e.